The SMILES string of the molecule is Cc1cc(NC(=O)C23CNCC2C3)ccc1F. The zero-order chi connectivity index (χ0) is 12.0. The molecule has 0 radical (unpaired) electrons. The molecule has 1 heterocycles. The molecule has 1 amide bonds. The lowest BCUT2D eigenvalue weighted by Crippen LogP contribution is -2.29. The number of carbonyl (C=O) groups excluding carboxylic acids is 1. The van der Waals surface area contributed by atoms with Crippen LogP contribution in [0.3, 0.4) is 0 Å². The van der Waals surface area contributed by atoms with Crippen molar-refractivity contribution in [2.45, 2.75) is 13.3 Å². The lowest BCUT2D eigenvalue weighted by molar-refractivity contribution is -0.120. The second-order valence-electron chi connectivity index (χ2n) is 5.11. The molecule has 1 aromatic carbocycles. The molecule has 2 aliphatic rings. The zero-order valence-electron chi connectivity index (χ0n) is 9.72. The van der Waals surface area contributed by atoms with Crippen LogP contribution in [0.2, 0.25) is 0 Å². The van der Waals surface area contributed by atoms with Gasteiger partial charge in [0.15, 0.2) is 0 Å². The predicted molar refractivity (Wildman–Crippen MR) is 63.2 cm³/mol. The molecule has 0 bridgehead atoms. The molecule has 17 heavy (non-hydrogen) atoms. The Morgan fingerprint density at radius 2 is 2.41 bits per heavy atom. The quantitative estimate of drug-likeness (QED) is 0.817. The van der Waals surface area contributed by atoms with Crippen molar-refractivity contribution < 1.29 is 9.18 Å². The van der Waals surface area contributed by atoms with E-state index in [2.05, 4.69) is 10.6 Å². The van der Waals surface area contributed by atoms with Gasteiger partial charge in [0, 0.05) is 12.2 Å². The van der Waals surface area contributed by atoms with E-state index < -0.39 is 0 Å². The average Bonchev–Trinajstić information content (AvgIpc) is 2.87. The summed E-state index contributed by atoms with van der Waals surface area (Å²) in [5.74, 6) is 0.315. The van der Waals surface area contributed by atoms with E-state index in [1.54, 1.807) is 19.1 Å². The fraction of sp³-hybridized carbons (Fsp3) is 0.462. The fourth-order valence-corrected chi connectivity index (χ4v) is 2.67. The second kappa shape index (κ2) is 3.53. The van der Waals surface area contributed by atoms with Crippen LogP contribution in [0.5, 0.6) is 0 Å². The lowest BCUT2D eigenvalue weighted by atomic mass is 10.1. The van der Waals surface area contributed by atoms with Crippen LogP contribution in [0.15, 0.2) is 18.2 Å². The first-order chi connectivity index (χ1) is 8.12. The summed E-state index contributed by atoms with van der Waals surface area (Å²) in [5.41, 5.74) is 1.04. The van der Waals surface area contributed by atoms with Gasteiger partial charge >= 0.3 is 0 Å². The number of hydrogen-bond acceptors (Lipinski definition) is 2. The molecule has 0 aromatic heterocycles. The maximum atomic E-state index is 13.1. The van der Waals surface area contributed by atoms with Crippen LogP contribution >= 0.6 is 0 Å². The number of halogens is 1. The summed E-state index contributed by atoms with van der Waals surface area (Å²) in [6.45, 7) is 3.40. The molecular formula is C13H15FN2O. The highest BCUT2D eigenvalue weighted by Gasteiger charge is 2.62. The highest BCUT2D eigenvalue weighted by atomic mass is 19.1. The molecule has 2 atom stereocenters. The van der Waals surface area contributed by atoms with E-state index in [1.807, 2.05) is 0 Å². The van der Waals surface area contributed by atoms with Crippen molar-refractivity contribution in [1.82, 2.24) is 5.32 Å². The van der Waals surface area contributed by atoms with Gasteiger partial charge in [-0.25, -0.2) is 4.39 Å². The number of aryl methyl sites for hydroxylation is 1. The van der Waals surface area contributed by atoms with Crippen LogP contribution in [0, 0.1) is 24.1 Å². The first-order valence-corrected chi connectivity index (χ1v) is 5.90. The van der Waals surface area contributed by atoms with Gasteiger partial charge in [-0.1, -0.05) is 0 Å². The number of amides is 1. The normalized spacial score (nSPS) is 29.9. The molecule has 3 nitrogen and oxygen atoms in total. The molecule has 3 rings (SSSR count). The van der Waals surface area contributed by atoms with Crippen LogP contribution in [0.25, 0.3) is 0 Å². The summed E-state index contributed by atoms with van der Waals surface area (Å²) < 4.78 is 13.1. The lowest BCUT2D eigenvalue weighted by Gasteiger charge is -2.12. The van der Waals surface area contributed by atoms with Crippen molar-refractivity contribution in [3.8, 4) is 0 Å². The van der Waals surface area contributed by atoms with Crippen molar-refractivity contribution >= 4 is 11.6 Å². The number of piperidine rings is 1. The first-order valence-electron chi connectivity index (χ1n) is 5.90. The smallest absolute Gasteiger partial charge is 0.232 e. The molecule has 1 aliphatic carbocycles. The van der Waals surface area contributed by atoms with Crippen LogP contribution in [0.4, 0.5) is 10.1 Å². The number of benzene rings is 1. The van der Waals surface area contributed by atoms with Gasteiger partial charge in [0.05, 0.1) is 5.41 Å². The Bertz CT molecular complexity index is 488. The van der Waals surface area contributed by atoms with Crippen molar-refractivity contribution in [1.29, 1.82) is 0 Å². The molecule has 1 aliphatic heterocycles. The van der Waals surface area contributed by atoms with Crippen LogP contribution < -0.4 is 10.6 Å². The average molecular weight is 234 g/mol. The Labute approximate surface area is 99.4 Å². The van der Waals surface area contributed by atoms with E-state index >= 15 is 0 Å². The Morgan fingerprint density at radius 1 is 1.59 bits per heavy atom. The molecule has 1 saturated heterocycles. The molecule has 0 spiro atoms. The number of nitrogens with one attached hydrogen (secondary N) is 2. The van der Waals surface area contributed by atoms with E-state index in [0.29, 0.717) is 17.2 Å². The van der Waals surface area contributed by atoms with Gasteiger partial charge in [0.25, 0.3) is 0 Å². The molecule has 1 saturated carbocycles. The number of fused-ring (bicyclic) bond motifs is 1. The topological polar surface area (TPSA) is 41.1 Å². The third kappa shape index (κ3) is 1.63. The van der Waals surface area contributed by atoms with Gasteiger partial charge in [0.2, 0.25) is 5.91 Å². The molecule has 2 fully saturated rings. The zero-order valence-corrected chi connectivity index (χ0v) is 9.72. The monoisotopic (exact) mass is 234 g/mol. The fourth-order valence-electron chi connectivity index (χ4n) is 2.67. The van der Waals surface area contributed by atoms with Crippen molar-refractivity contribution in [3.63, 3.8) is 0 Å². The van der Waals surface area contributed by atoms with E-state index in [4.69, 9.17) is 0 Å². The van der Waals surface area contributed by atoms with Crippen LogP contribution in [-0.2, 0) is 4.79 Å². The summed E-state index contributed by atoms with van der Waals surface area (Å²) in [7, 11) is 0. The minimum Gasteiger partial charge on any atom is -0.326 e. The summed E-state index contributed by atoms with van der Waals surface area (Å²) >= 11 is 0. The number of hydrogen-bond donors (Lipinski definition) is 2. The van der Waals surface area contributed by atoms with Crippen molar-refractivity contribution in [2.75, 3.05) is 18.4 Å². The number of rotatable bonds is 2. The predicted octanol–water partition coefficient (Wildman–Crippen LogP) is 1.68. The Kier molecular flexibility index (Phi) is 2.23. The first kappa shape index (κ1) is 10.7. The van der Waals surface area contributed by atoms with E-state index in [0.717, 1.165) is 19.5 Å². The van der Waals surface area contributed by atoms with Gasteiger partial charge in [-0.2, -0.15) is 0 Å². The molecular weight excluding hydrogens is 219 g/mol. The summed E-state index contributed by atoms with van der Waals surface area (Å²) in [4.78, 5) is 12.1. The highest BCUT2D eigenvalue weighted by molar-refractivity contribution is 5.98. The van der Waals surface area contributed by atoms with Crippen molar-refractivity contribution in [2.24, 2.45) is 11.3 Å². The van der Waals surface area contributed by atoms with Gasteiger partial charge in [-0.3, -0.25) is 4.79 Å². The standard InChI is InChI=1S/C13H15FN2O/c1-8-4-10(2-3-11(8)14)16-12(17)13-5-9(13)6-15-7-13/h2-4,9,15H,5-7H2,1H3,(H,16,17). The number of anilines is 1. The van der Waals surface area contributed by atoms with E-state index in [1.165, 1.54) is 6.07 Å². The molecule has 1 aromatic rings. The third-order valence-corrected chi connectivity index (χ3v) is 3.93. The molecule has 90 valence electrons. The van der Waals surface area contributed by atoms with E-state index in [9.17, 15) is 9.18 Å². The van der Waals surface area contributed by atoms with Crippen LogP contribution in [0.1, 0.15) is 12.0 Å². The summed E-state index contributed by atoms with van der Waals surface area (Å²) in [6, 6.07) is 4.67. The summed E-state index contributed by atoms with van der Waals surface area (Å²) in [5, 5.41) is 6.12. The van der Waals surface area contributed by atoms with Crippen LogP contribution in [-0.4, -0.2) is 19.0 Å². The largest absolute Gasteiger partial charge is 0.326 e. The Morgan fingerprint density at radius 3 is 3.00 bits per heavy atom. The maximum Gasteiger partial charge on any atom is 0.232 e. The van der Waals surface area contributed by atoms with Gasteiger partial charge < -0.3 is 10.6 Å². The summed E-state index contributed by atoms with van der Waals surface area (Å²) in [6.07, 6.45) is 0.978. The van der Waals surface area contributed by atoms with Crippen molar-refractivity contribution in [3.05, 3.63) is 29.6 Å². The highest BCUT2D eigenvalue weighted by Crippen LogP contribution is 2.55. The molecule has 2 N–H and O–H groups in total. The van der Waals surface area contributed by atoms with Gasteiger partial charge in [-0.05, 0) is 49.6 Å². The minimum absolute atomic E-state index is 0.0681. The number of carbonyl (C=O) groups is 1. The molecule has 4 heteroatoms. The van der Waals surface area contributed by atoms with Gasteiger partial charge in [-0.15, -0.1) is 0 Å². The third-order valence-electron chi connectivity index (χ3n) is 3.93. The minimum atomic E-state index is -0.243. The maximum absolute atomic E-state index is 13.1. The second-order valence-corrected chi connectivity index (χ2v) is 5.11. The molecule has 2 unspecified atom stereocenters. The Balaban J connectivity index is 1.75. The van der Waals surface area contributed by atoms with Gasteiger partial charge in [0.1, 0.15) is 5.82 Å². The van der Waals surface area contributed by atoms with E-state index in [-0.39, 0.29) is 17.1 Å². The Hall–Kier alpha value is -1.42.